The van der Waals surface area contributed by atoms with E-state index < -0.39 is 0 Å². The molecule has 0 saturated carbocycles. The van der Waals surface area contributed by atoms with Crippen LogP contribution in [0, 0.1) is 18.8 Å². The van der Waals surface area contributed by atoms with Gasteiger partial charge in [0.1, 0.15) is 0 Å². The maximum Gasteiger partial charge on any atom is 0.167 e. The minimum Gasteiger partial charge on any atom is -0.333 e. The molecule has 0 unspecified atom stereocenters. The van der Waals surface area contributed by atoms with E-state index in [9.17, 15) is 4.79 Å². The molecule has 1 aromatic heterocycles. The number of piperidine rings is 1. The molecule has 0 N–H and O–H groups in total. The van der Waals surface area contributed by atoms with Crippen LogP contribution in [0.15, 0.2) is 30.7 Å². The summed E-state index contributed by atoms with van der Waals surface area (Å²) < 4.78 is 2.24. The molecule has 0 bridgehead atoms. The number of carbonyl (C=O) groups is 1. The van der Waals surface area contributed by atoms with Gasteiger partial charge in [-0.1, -0.05) is 25.4 Å². The monoisotopic (exact) mass is 373 g/mol. The van der Waals surface area contributed by atoms with Gasteiger partial charge in [0.05, 0.1) is 12.0 Å². The molecule has 1 fully saturated rings. The second-order valence-electron chi connectivity index (χ2n) is 7.83. The predicted octanol–water partition coefficient (Wildman–Crippen LogP) is 4.60. The summed E-state index contributed by atoms with van der Waals surface area (Å²) in [5.74, 6) is 0.899. The molecule has 2 heterocycles. The maximum atomic E-state index is 13.0. The zero-order valence-corrected chi connectivity index (χ0v) is 16.7. The third-order valence-corrected chi connectivity index (χ3v) is 5.31. The highest BCUT2D eigenvalue weighted by molar-refractivity contribution is 6.30. The minimum absolute atomic E-state index is 0.0603. The zero-order valence-electron chi connectivity index (χ0n) is 15.9. The van der Waals surface area contributed by atoms with Gasteiger partial charge in [-0.2, -0.15) is 0 Å². The van der Waals surface area contributed by atoms with Crippen LogP contribution in [0.1, 0.15) is 48.3 Å². The molecule has 1 saturated heterocycles. The number of likely N-dealkylation sites (tertiary alicyclic amines) is 1. The molecule has 140 valence electrons. The molecule has 3 rings (SSSR count). The van der Waals surface area contributed by atoms with Gasteiger partial charge in [-0.25, -0.2) is 4.98 Å². The fraction of sp³-hybridized carbons (Fsp3) is 0.524. The smallest absolute Gasteiger partial charge is 0.167 e. The van der Waals surface area contributed by atoms with Crippen LogP contribution in [-0.4, -0.2) is 33.3 Å². The normalized spacial score (nSPS) is 18.4. The van der Waals surface area contributed by atoms with Crippen molar-refractivity contribution in [3.05, 3.63) is 52.6 Å². The summed E-state index contributed by atoms with van der Waals surface area (Å²) >= 11 is 6.03. The lowest BCUT2D eigenvalue weighted by Gasteiger charge is -2.32. The minimum atomic E-state index is 0.0603. The van der Waals surface area contributed by atoms with E-state index >= 15 is 0 Å². The van der Waals surface area contributed by atoms with Crippen molar-refractivity contribution in [1.82, 2.24) is 14.5 Å². The van der Waals surface area contributed by atoms with Gasteiger partial charge in [-0.05, 0) is 56.0 Å². The number of hydrogen-bond donors (Lipinski definition) is 0. The summed E-state index contributed by atoms with van der Waals surface area (Å²) in [5, 5.41) is 0.683. The molecule has 26 heavy (non-hydrogen) atoms. The molecule has 1 aliphatic heterocycles. The second kappa shape index (κ2) is 8.36. The van der Waals surface area contributed by atoms with Crippen molar-refractivity contribution >= 4 is 17.4 Å². The second-order valence-corrected chi connectivity index (χ2v) is 8.27. The largest absolute Gasteiger partial charge is 0.333 e. The van der Waals surface area contributed by atoms with E-state index in [1.54, 1.807) is 0 Å². The SMILES string of the molecule is Cc1cc(Cl)ccc1C(=O)[C@H]1CCCN(Cc2cncn2CC(C)C)C1. The number of rotatable bonds is 6. The van der Waals surface area contributed by atoms with E-state index in [2.05, 4.69) is 28.3 Å². The Morgan fingerprint density at radius 3 is 2.92 bits per heavy atom. The van der Waals surface area contributed by atoms with E-state index in [1.807, 2.05) is 37.6 Å². The third kappa shape index (κ3) is 4.54. The first-order valence-electron chi connectivity index (χ1n) is 9.45. The van der Waals surface area contributed by atoms with Crippen molar-refractivity contribution in [2.75, 3.05) is 13.1 Å². The summed E-state index contributed by atoms with van der Waals surface area (Å²) in [6.07, 6.45) is 5.89. The summed E-state index contributed by atoms with van der Waals surface area (Å²) in [6.45, 7) is 10.1. The number of halogens is 1. The van der Waals surface area contributed by atoms with Crippen LogP contribution >= 0.6 is 11.6 Å². The Hall–Kier alpha value is -1.65. The van der Waals surface area contributed by atoms with Gasteiger partial charge in [0, 0.05) is 42.3 Å². The average molecular weight is 374 g/mol. The van der Waals surface area contributed by atoms with Crippen molar-refractivity contribution in [2.45, 2.75) is 46.7 Å². The zero-order chi connectivity index (χ0) is 18.7. The van der Waals surface area contributed by atoms with Crippen molar-refractivity contribution in [2.24, 2.45) is 11.8 Å². The molecule has 5 heteroatoms. The van der Waals surface area contributed by atoms with E-state index in [1.165, 1.54) is 5.69 Å². The Kier molecular flexibility index (Phi) is 6.15. The molecule has 0 amide bonds. The molecule has 1 aromatic carbocycles. The van der Waals surface area contributed by atoms with Crippen LogP contribution in [0.5, 0.6) is 0 Å². The van der Waals surface area contributed by atoms with E-state index in [0.717, 1.165) is 50.1 Å². The molecular formula is C21H28ClN3O. The molecule has 4 nitrogen and oxygen atoms in total. The quantitative estimate of drug-likeness (QED) is 0.695. The number of imidazole rings is 1. The first-order chi connectivity index (χ1) is 12.4. The van der Waals surface area contributed by atoms with Crippen LogP contribution < -0.4 is 0 Å². The molecule has 0 aliphatic carbocycles. The number of ketones is 1. The van der Waals surface area contributed by atoms with Crippen molar-refractivity contribution in [3.8, 4) is 0 Å². The number of aromatic nitrogens is 2. The number of Topliss-reactive ketones (excluding diaryl/α,β-unsaturated/α-hetero) is 1. The van der Waals surface area contributed by atoms with Gasteiger partial charge in [0.15, 0.2) is 5.78 Å². The molecule has 1 atom stereocenters. The maximum absolute atomic E-state index is 13.0. The van der Waals surface area contributed by atoms with E-state index in [-0.39, 0.29) is 11.7 Å². The highest BCUT2D eigenvalue weighted by Crippen LogP contribution is 2.25. The van der Waals surface area contributed by atoms with Gasteiger partial charge in [-0.3, -0.25) is 9.69 Å². The number of hydrogen-bond acceptors (Lipinski definition) is 3. The number of nitrogens with zero attached hydrogens (tertiary/aromatic N) is 3. The standard InChI is InChI=1S/C21H28ClN3O/c1-15(2)11-25-14-23-10-19(25)13-24-8-4-5-17(12-24)21(26)20-7-6-18(22)9-16(20)3/h6-7,9-10,14-15,17H,4-5,8,11-13H2,1-3H3/t17-/m0/s1. The number of aryl methyl sites for hydroxylation is 1. The van der Waals surface area contributed by atoms with Gasteiger partial charge >= 0.3 is 0 Å². The predicted molar refractivity (Wildman–Crippen MR) is 106 cm³/mol. The molecule has 0 radical (unpaired) electrons. The Morgan fingerprint density at radius 2 is 2.19 bits per heavy atom. The molecule has 1 aliphatic rings. The number of carbonyl (C=O) groups excluding carboxylic acids is 1. The van der Waals surface area contributed by atoms with E-state index in [4.69, 9.17) is 11.6 Å². The van der Waals surface area contributed by atoms with Gasteiger partial charge in [-0.15, -0.1) is 0 Å². The van der Waals surface area contributed by atoms with Crippen LogP contribution in [0.3, 0.4) is 0 Å². The Balaban J connectivity index is 1.67. The average Bonchev–Trinajstić information content (AvgIpc) is 3.00. The van der Waals surface area contributed by atoms with Crippen LogP contribution in [0.2, 0.25) is 5.02 Å². The van der Waals surface area contributed by atoms with Crippen LogP contribution in [0.25, 0.3) is 0 Å². The lowest BCUT2D eigenvalue weighted by molar-refractivity contribution is 0.0808. The van der Waals surface area contributed by atoms with Crippen LogP contribution in [0.4, 0.5) is 0 Å². The first-order valence-corrected chi connectivity index (χ1v) is 9.83. The third-order valence-electron chi connectivity index (χ3n) is 5.08. The molecule has 0 spiro atoms. The first kappa shape index (κ1) is 19.1. The highest BCUT2D eigenvalue weighted by Gasteiger charge is 2.27. The summed E-state index contributed by atoms with van der Waals surface area (Å²) in [5.41, 5.74) is 3.01. The molecule has 2 aromatic rings. The lowest BCUT2D eigenvalue weighted by atomic mass is 9.88. The summed E-state index contributed by atoms with van der Waals surface area (Å²) in [7, 11) is 0. The fourth-order valence-corrected chi connectivity index (χ4v) is 4.03. The lowest BCUT2D eigenvalue weighted by Crippen LogP contribution is -2.38. The fourth-order valence-electron chi connectivity index (χ4n) is 3.80. The van der Waals surface area contributed by atoms with E-state index in [0.29, 0.717) is 10.9 Å². The summed E-state index contributed by atoms with van der Waals surface area (Å²) in [6, 6.07) is 5.56. The Morgan fingerprint density at radius 1 is 1.38 bits per heavy atom. The number of benzene rings is 1. The van der Waals surface area contributed by atoms with Crippen molar-refractivity contribution in [3.63, 3.8) is 0 Å². The van der Waals surface area contributed by atoms with Gasteiger partial charge in [0.2, 0.25) is 0 Å². The highest BCUT2D eigenvalue weighted by atomic mass is 35.5. The topological polar surface area (TPSA) is 38.1 Å². The van der Waals surface area contributed by atoms with Crippen LogP contribution in [-0.2, 0) is 13.1 Å². The Bertz CT molecular complexity index is 768. The van der Waals surface area contributed by atoms with Crippen molar-refractivity contribution < 1.29 is 4.79 Å². The van der Waals surface area contributed by atoms with Gasteiger partial charge < -0.3 is 4.57 Å². The summed E-state index contributed by atoms with van der Waals surface area (Å²) in [4.78, 5) is 19.7. The van der Waals surface area contributed by atoms with Crippen molar-refractivity contribution in [1.29, 1.82) is 0 Å². The molecular weight excluding hydrogens is 346 g/mol. The Labute approximate surface area is 161 Å². The van der Waals surface area contributed by atoms with Gasteiger partial charge in [0.25, 0.3) is 0 Å².